The van der Waals surface area contributed by atoms with Gasteiger partial charge in [-0.3, -0.25) is 4.90 Å². The SMILES string of the molecule is CC(C)N1C[C@H](Nc2cccc(C(=O)O)n2)[C@@H](C)C1. The van der Waals surface area contributed by atoms with Crippen LogP contribution in [0.4, 0.5) is 5.82 Å². The zero-order valence-corrected chi connectivity index (χ0v) is 11.6. The molecule has 1 aliphatic heterocycles. The van der Waals surface area contributed by atoms with Gasteiger partial charge in [0.2, 0.25) is 0 Å². The average molecular weight is 263 g/mol. The molecule has 2 heterocycles. The Morgan fingerprint density at radius 1 is 1.47 bits per heavy atom. The highest BCUT2D eigenvalue weighted by atomic mass is 16.4. The third kappa shape index (κ3) is 3.23. The molecule has 5 nitrogen and oxygen atoms in total. The van der Waals surface area contributed by atoms with Crippen molar-refractivity contribution in [2.75, 3.05) is 18.4 Å². The van der Waals surface area contributed by atoms with E-state index in [1.807, 2.05) is 6.07 Å². The lowest BCUT2D eigenvalue weighted by atomic mass is 10.1. The first-order valence-electron chi connectivity index (χ1n) is 6.68. The van der Waals surface area contributed by atoms with E-state index in [9.17, 15) is 4.79 Å². The molecule has 0 radical (unpaired) electrons. The minimum absolute atomic E-state index is 0.0800. The lowest BCUT2D eigenvalue weighted by Crippen LogP contribution is -2.31. The molecule has 19 heavy (non-hydrogen) atoms. The van der Waals surface area contributed by atoms with Crippen LogP contribution in [0.1, 0.15) is 31.3 Å². The van der Waals surface area contributed by atoms with Crippen molar-refractivity contribution < 1.29 is 9.90 Å². The van der Waals surface area contributed by atoms with Gasteiger partial charge in [-0.05, 0) is 31.9 Å². The maximum Gasteiger partial charge on any atom is 0.354 e. The van der Waals surface area contributed by atoms with Crippen molar-refractivity contribution in [1.82, 2.24) is 9.88 Å². The fraction of sp³-hybridized carbons (Fsp3) is 0.571. The van der Waals surface area contributed by atoms with Crippen LogP contribution >= 0.6 is 0 Å². The summed E-state index contributed by atoms with van der Waals surface area (Å²) < 4.78 is 0. The number of carboxylic acids is 1. The number of nitrogens with zero attached hydrogens (tertiary/aromatic N) is 2. The molecule has 2 atom stereocenters. The highest BCUT2D eigenvalue weighted by Crippen LogP contribution is 2.21. The summed E-state index contributed by atoms with van der Waals surface area (Å²) in [5.41, 5.74) is 0.0800. The Bertz CT molecular complexity index is 462. The third-order valence-electron chi connectivity index (χ3n) is 3.67. The number of rotatable bonds is 4. The normalized spacial score (nSPS) is 23.8. The van der Waals surface area contributed by atoms with Crippen LogP contribution in [0.3, 0.4) is 0 Å². The number of aromatic carboxylic acids is 1. The topological polar surface area (TPSA) is 65.5 Å². The molecule has 5 heteroatoms. The molecule has 0 bridgehead atoms. The quantitative estimate of drug-likeness (QED) is 0.869. The molecule has 0 saturated carbocycles. The standard InChI is InChI=1S/C14H21N3O2/c1-9(2)17-7-10(3)12(8-17)16-13-6-4-5-11(15-13)14(18)19/h4-6,9-10,12H,7-8H2,1-3H3,(H,15,16)(H,18,19)/t10-,12-/m0/s1. The number of likely N-dealkylation sites (tertiary alicyclic amines) is 1. The van der Waals surface area contributed by atoms with E-state index < -0.39 is 5.97 Å². The maximum atomic E-state index is 10.9. The van der Waals surface area contributed by atoms with Gasteiger partial charge in [0, 0.05) is 25.2 Å². The fourth-order valence-corrected chi connectivity index (χ4v) is 2.44. The van der Waals surface area contributed by atoms with Crippen molar-refractivity contribution in [1.29, 1.82) is 0 Å². The van der Waals surface area contributed by atoms with E-state index in [2.05, 4.69) is 36.0 Å². The Balaban J connectivity index is 2.05. The van der Waals surface area contributed by atoms with Gasteiger partial charge in [-0.15, -0.1) is 0 Å². The number of carboxylic acid groups (broad SMARTS) is 1. The van der Waals surface area contributed by atoms with Gasteiger partial charge in [-0.1, -0.05) is 13.0 Å². The Labute approximate surface area is 113 Å². The number of hydrogen-bond acceptors (Lipinski definition) is 4. The molecule has 1 aromatic rings. The zero-order chi connectivity index (χ0) is 14.0. The van der Waals surface area contributed by atoms with E-state index in [1.165, 1.54) is 6.07 Å². The molecule has 0 aliphatic carbocycles. The summed E-state index contributed by atoms with van der Waals surface area (Å²) in [7, 11) is 0. The van der Waals surface area contributed by atoms with E-state index in [1.54, 1.807) is 6.07 Å². The van der Waals surface area contributed by atoms with Crippen molar-refractivity contribution >= 4 is 11.8 Å². The van der Waals surface area contributed by atoms with Crippen molar-refractivity contribution in [2.24, 2.45) is 5.92 Å². The minimum Gasteiger partial charge on any atom is -0.477 e. The summed E-state index contributed by atoms with van der Waals surface area (Å²) in [5.74, 6) is 0.173. The van der Waals surface area contributed by atoms with Gasteiger partial charge in [-0.25, -0.2) is 9.78 Å². The summed E-state index contributed by atoms with van der Waals surface area (Å²) in [6, 6.07) is 5.90. The predicted molar refractivity (Wildman–Crippen MR) is 74.5 cm³/mol. The first-order chi connectivity index (χ1) is 8.97. The highest BCUT2D eigenvalue weighted by molar-refractivity contribution is 5.85. The first-order valence-corrected chi connectivity index (χ1v) is 6.68. The van der Waals surface area contributed by atoms with Gasteiger partial charge in [-0.2, -0.15) is 0 Å². The molecule has 0 spiro atoms. The average Bonchev–Trinajstić information content (AvgIpc) is 2.71. The molecule has 0 aromatic carbocycles. The number of anilines is 1. The van der Waals surface area contributed by atoms with Crippen LogP contribution in [-0.2, 0) is 0 Å². The first kappa shape index (κ1) is 13.8. The fourth-order valence-electron chi connectivity index (χ4n) is 2.44. The second-order valence-electron chi connectivity index (χ2n) is 5.49. The summed E-state index contributed by atoms with van der Waals surface area (Å²) in [4.78, 5) is 17.4. The number of carbonyl (C=O) groups is 1. The van der Waals surface area contributed by atoms with Crippen LogP contribution in [0.15, 0.2) is 18.2 Å². The number of aromatic nitrogens is 1. The molecule has 0 amide bonds. The van der Waals surface area contributed by atoms with Crippen molar-refractivity contribution in [3.63, 3.8) is 0 Å². The van der Waals surface area contributed by atoms with Gasteiger partial charge < -0.3 is 10.4 Å². The van der Waals surface area contributed by atoms with Gasteiger partial charge >= 0.3 is 5.97 Å². The van der Waals surface area contributed by atoms with E-state index in [4.69, 9.17) is 5.11 Å². The Morgan fingerprint density at radius 3 is 2.79 bits per heavy atom. The van der Waals surface area contributed by atoms with Crippen LogP contribution in [0.25, 0.3) is 0 Å². The van der Waals surface area contributed by atoms with E-state index in [-0.39, 0.29) is 5.69 Å². The molecule has 2 N–H and O–H groups in total. The number of nitrogens with one attached hydrogen (secondary N) is 1. The van der Waals surface area contributed by atoms with Crippen LogP contribution in [-0.4, -0.2) is 46.1 Å². The van der Waals surface area contributed by atoms with Gasteiger partial charge in [0.15, 0.2) is 5.69 Å². The molecular weight excluding hydrogens is 242 g/mol. The van der Waals surface area contributed by atoms with E-state index in [0.29, 0.717) is 23.8 Å². The van der Waals surface area contributed by atoms with E-state index in [0.717, 1.165) is 13.1 Å². The Kier molecular flexibility index (Phi) is 4.04. The monoisotopic (exact) mass is 263 g/mol. The summed E-state index contributed by atoms with van der Waals surface area (Å²) in [6.45, 7) is 8.63. The highest BCUT2D eigenvalue weighted by Gasteiger charge is 2.30. The van der Waals surface area contributed by atoms with Crippen molar-refractivity contribution in [2.45, 2.75) is 32.9 Å². The molecule has 104 valence electrons. The second-order valence-corrected chi connectivity index (χ2v) is 5.49. The van der Waals surface area contributed by atoms with Gasteiger partial charge in [0.1, 0.15) is 5.82 Å². The summed E-state index contributed by atoms with van der Waals surface area (Å²) >= 11 is 0. The van der Waals surface area contributed by atoms with Crippen molar-refractivity contribution in [3.8, 4) is 0 Å². The zero-order valence-electron chi connectivity index (χ0n) is 11.6. The van der Waals surface area contributed by atoms with E-state index >= 15 is 0 Å². The van der Waals surface area contributed by atoms with Crippen LogP contribution in [0.5, 0.6) is 0 Å². The second kappa shape index (κ2) is 5.57. The molecule has 0 unspecified atom stereocenters. The number of hydrogen-bond donors (Lipinski definition) is 2. The Morgan fingerprint density at radius 2 is 2.21 bits per heavy atom. The smallest absolute Gasteiger partial charge is 0.354 e. The molecule has 1 saturated heterocycles. The number of pyridine rings is 1. The maximum absolute atomic E-state index is 10.9. The molecule has 1 fully saturated rings. The third-order valence-corrected chi connectivity index (χ3v) is 3.67. The Hall–Kier alpha value is -1.62. The molecule has 1 aliphatic rings. The molecular formula is C14H21N3O2. The van der Waals surface area contributed by atoms with Crippen LogP contribution < -0.4 is 5.32 Å². The lowest BCUT2D eigenvalue weighted by molar-refractivity contribution is 0.0690. The van der Waals surface area contributed by atoms with Gasteiger partial charge in [0.05, 0.1) is 0 Å². The largest absolute Gasteiger partial charge is 0.477 e. The van der Waals surface area contributed by atoms with Crippen LogP contribution in [0, 0.1) is 5.92 Å². The van der Waals surface area contributed by atoms with Crippen LogP contribution in [0.2, 0.25) is 0 Å². The summed E-state index contributed by atoms with van der Waals surface area (Å²) in [6.07, 6.45) is 0. The predicted octanol–water partition coefficient (Wildman–Crippen LogP) is 1.92. The minimum atomic E-state index is -0.994. The molecule has 1 aromatic heterocycles. The molecule has 2 rings (SSSR count). The van der Waals surface area contributed by atoms with Gasteiger partial charge in [0.25, 0.3) is 0 Å². The summed E-state index contributed by atoms with van der Waals surface area (Å²) in [5, 5.41) is 12.3. The lowest BCUT2D eigenvalue weighted by Gasteiger charge is -2.20. The van der Waals surface area contributed by atoms with Crippen molar-refractivity contribution in [3.05, 3.63) is 23.9 Å².